The maximum atomic E-state index is 12.2. The van der Waals surface area contributed by atoms with Gasteiger partial charge in [0.2, 0.25) is 0 Å². The zero-order valence-corrected chi connectivity index (χ0v) is 18.5. The molecular weight excluding hydrogens is 400 g/mol. The van der Waals surface area contributed by atoms with Crippen molar-refractivity contribution in [3.8, 4) is 5.75 Å². The van der Waals surface area contributed by atoms with Crippen molar-refractivity contribution in [2.24, 2.45) is 0 Å². The standard InChI is InChI=1S/C26H28N4O2/c1-19-12-13-20(2)24(18-19)32-17-16-30-23-10-4-3-8-21(23)29-25(30)11-7-15-28-26(31)22-9-5-6-14-27-22/h3-6,8-10,12-14,18H,7,11,15-17H2,1-2H3,(H,28,31). The van der Waals surface area contributed by atoms with Gasteiger partial charge < -0.3 is 14.6 Å². The molecule has 0 saturated heterocycles. The highest BCUT2D eigenvalue weighted by molar-refractivity contribution is 5.92. The lowest BCUT2D eigenvalue weighted by atomic mass is 10.1. The Balaban J connectivity index is 1.39. The summed E-state index contributed by atoms with van der Waals surface area (Å²) in [6.07, 6.45) is 3.18. The third-order valence-corrected chi connectivity index (χ3v) is 5.41. The number of nitrogens with one attached hydrogen (secondary N) is 1. The number of carbonyl (C=O) groups is 1. The number of ether oxygens (including phenoxy) is 1. The number of aromatic nitrogens is 3. The molecule has 4 rings (SSSR count). The fourth-order valence-electron chi connectivity index (χ4n) is 3.71. The molecule has 164 valence electrons. The van der Waals surface area contributed by atoms with Gasteiger partial charge in [0.1, 0.15) is 23.9 Å². The third kappa shape index (κ3) is 5.14. The number of para-hydroxylation sites is 2. The summed E-state index contributed by atoms with van der Waals surface area (Å²) in [7, 11) is 0. The van der Waals surface area contributed by atoms with E-state index in [2.05, 4.69) is 53.0 Å². The summed E-state index contributed by atoms with van der Waals surface area (Å²) < 4.78 is 8.31. The molecule has 2 aromatic carbocycles. The average molecular weight is 429 g/mol. The van der Waals surface area contributed by atoms with Crippen molar-refractivity contribution >= 4 is 16.9 Å². The number of aryl methyl sites for hydroxylation is 3. The second kappa shape index (κ2) is 10.1. The fraction of sp³-hybridized carbons (Fsp3) is 0.269. The Morgan fingerprint density at radius 1 is 1.06 bits per heavy atom. The van der Waals surface area contributed by atoms with Gasteiger partial charge in [0.15, 0.2) is 0 Å². The molecule has 1 N–H and O–H groups in total. The summed E-state index contributed by atoms with van der Waals surface area (Å²) in [5.41, 5.74) is 4.83. The molecule has 2 aromatic heterocycles. The molecule has 0 aliphatic rings. The summed E-state index contributed by atoms with van der Waals surface area (Å²) in [5.74, 6) is 1.78. The first kappa shape index (κ1) is 21.6. The summed E-state index contributed by atoms with van der Waals surface area (Å²) in [6.45, 7) is 5.97. The average Bonchev–Trinajstić information content (AvgIpc) is 3.17. The Labute approximate surface area is 188 Å². The Morgan fingerprint density at radius 3 is 2.75 bits per heavy atom. The predicted molar refractivity (Wildman–Crippen MR) is 126 cm³/mol. The van der Waals surface area contributed by atoms with Crippen molar-refractivity contribution in [3.63, 3.8) is 0 Å². The van der Waals surface area contributed by atoms with Gasteiger partial charge in [0.05, 0.1) is 17.6 Å². The number of amides is 1. The van der Waals surface area contributed by atoms with Crippen LogP contribution in [0.4, 0.5) is 0 Å². The number of benzene rings is 2. The quantitative estimate of drug-likeness (QED) is 0.399. The number of hydrogen-bond acceptors (Lipinski definition) is 4. The summed E-state index contributed by atoms with van der Waals surface area (Å²) in [6, 6.07) is 19.7. The van der Waals surface area contributed by atoms with Crippen LogP contribution in [0.3, 0.4) is 0 Å². The van der Waals surface area contributed by atoms with Gasteiger partial charge in [-0.15, -0.1) is 0 Å². The van der Waals surface area contributed by atoms with E-state index in [-0.39, 0.29) is 5.91 Å². The normalized spacial score (nSPS) is 10.9. The van der Waals surface area contributed by atoms with Gasteiger partial charge in [0, 0.05) is 19.2 Å². The van der Waals surface area contributed by atoms with Crippen LogP contribution >= 0.6 is 0 Å². The van der Waals surface area contributed by atoms with Crippen LogP contribution in [0.5, 0.6) is 5.75 Å². The van der Waals surface area contributed by atoms with Gasteiger partial charge in [-0.1, -0.05) is 30.3 Å². The molecule has 6 nitrogen and oxygen atoms in total. The summed E-state index contributed by atoms with van der Waals surface area (Å²) in [5, 5.41) is 2.94. The molecule has 0 saturated carbocycles. The molecule has 0 aliphatic carbocycles. The minimum absolute atomic E-state index is 0.152. The van der Waals surface area contributed by atoms with Crippen LogP contribution in [0.1, 0.15) is 33.9 Å². The number of rotatable bonds is 9. The van der Waals surface area contributed by atoms with Crippen LogP contribution in [-0.2, 0) is 13.0 Å². The molecule has 4 aromatic rings. The van der Waals surface area contributed by atoms with Gasteiger partial charge >= 0.3 is 0 Å². The molecule has 0 bridgehead atoms. The minimum Gasteiger partial charge on any atom is -0.491 e. The molecule has 0 spiro atoms. The monoisotopic (exact) mass is 428 g/mol. The maximum Gasteiger partial charge on any atom is 0.269 e. The number of fused-ring (bicyclic) bond motifs is 1. The minimum atomic E-state index is -0.152. The van der Waals surface area contributed by atoms with Crippen LogP contribution in [0.2, 0.25) is 0 Å². The van der Waals surface area contributed by atoms with E-state index in [0.29, 0.717) is 25.4 Å². The molecule has 2 heterocycles. The SMILES string of the molecule is Cc1ccc(C)c(OCCn2c(CCCNC(=O)c3ccccn3)nc3ccccc32)c1. The number of hydrogen-bond donors (Lipinski definition) is 1. The third-order valence-electron chi connectivity index (χ3n) is 5.41. The van der Waals surface area contributed by atoms with Crippen LogP contribution in [0.15, 0.2) is 66.9 Å². The molecule has 0 radical (unpaired) electrons. The van der Waals surface area contributed by atoms with E-state index in [0.717, 1.165) is 41.0 Å². The summed E-state index contributed by atoms with van der Waals surface area (Å²) in [4.78, 5) is 21.1. The van der Waals surface area contributed by atoms with Crippen LogP contribution in [0, 0.1) is 13.8 Å². The van der Waals surface area contributed by atoms with Gasteiger partial charge in [0.25, 0.3) is 5.91 Å². The maximum absolute atomic E-state index is 12.2. The molecule has 0 atom stereocenters. The molecule has 32 heavy (non-hydrogen) atoms. The highest BCUT2D eigenvalue weighted by atomic mass is 16.5. The Hall–Kier alpha value is -3.67. The van der Waals surface area contributed by atoms with Gasteiger partial charge in [-0.05, 0) is 61.7 Å². The number of carbonyl (C=O) groups excluding carboxylic acids is 1. The largest absolute Gasteiger partial charge is 0.491 e. The highest BCUT2D eigenvalue weighted by Crippen LogP contribution is 2.20. The lowest BCUT2D eigenvalue weighted by Crippen LogP contribution is -2.25. The van der Waals surface area contributed by atoms with Crippen molar-refractivity contribution < 1.29 is 9.53 Å². The van der Waals surface area contributed by atoms with Crippen molar-refractivity contribution in [1.29, 1.82) is 0 Å². The number of nitrogens with zero attached hydrogens (tertiary/aromatic N) is 3. The van der Waals surface area contributed by atoms with Crippen molar-refractivity contribution in [1.82, 2.24) is 19.9 Å². The second-order valence-electron chi connectivity index (χ2n) is 7.86. The van der Waals surface area contributed by atoms with Crippen molar-refractivity contribution in [2.45, 2.75) is 33.2 Å². The zero-order valence-electron chi connectivity index (χ0n) is 18.5. The van der Waals surface area contributed by atoms with Gasteiger partial charge in [-0.25, -0.2) is 4.98 Å². The Kier molecular flexibility index (Phi) is 6.80. The highest BCUT2D eigenvalue weighted by Gasteiger charge is 2.11. The van der Waals surface area contributed by atoms with Crippen LogP contribution in [-0.4, -0.2) is 33.6 Å². The van der Waals surface area contributed by atoms with Crippen LogP contribution < -0.4 is 10.1 Å². The zero-order chi connectivity index (χ0) is 22.3. The lowest BCUT2D eigenvalue weighted by Gasteiger charge is -2.13. The van der Waals surface area contributed by atoms with E-state index in [4.69, 9.17) is 9.72 Å². The van der Waals surface area contributed by atoms with Crippen molar-refractivity contribution in [2.75, 3.05) is 13.2 Å². The fourth-order valence-corrected chi connectivity index (χ4v) is 3.71. The molecule has 0 fully saturated rings. The lowest BCUT2D eigenvalue weighted by molar-refractivity contribution is 0.0948. The molecule has 1 amide bonds. The molecule has 0 aliphatic heterocycles. The first-order chi connectivity index (χ1) is 15.6. The molecule has 0 unspecified atom stereocenters. The van der Waals surface area contributed by atoms with E-state index >= 15 is 0 Å². The second-order valence-corrected chi connectivity index (χ2v) is 7.86. The Morgan fingerprint density at radius 2 is 1.91 bits per heavy atom. The van der Waals surface area contributed by atoms with E-state index in [9.17, 15) is 4.79 Å². The van der Waals surface area contributed by atoms with E-state index < -0.39 is 0 Å². The van der Waals surface area contributed by atoms with Crippen molar-refractivity contribution in [3.05, 3.63) is 89.5 Å². The predicted octanol–water partition coefficient (Wildman–Crippen LogP) is 4.49. The van der Waals surface area contributed by atoms with Crippen LogP contribution in [0.25, 0.3) is 11.0 Å². The van der Waals surface area contributed by atoms with Gasteiger partial charge in [-0.2, -0.15) is 0 Å². The van der Waals surface area contributed by atoms with E-state index in [1.807, 2.05) is 24.3 Å². The van der Waals surface area contributed by atoms with E-state index in [1.54, 1.807) is 18.3 Å². The van der Waals surface area contributed by atoms with E-state index in [1.165, 1.54) is 5.56 Å². The topological polar surface area (TPSA) is 69.0 Å². The summed E-state index contributed by atoms with van der Waals surface area (Å²) >= 11 is 0. The number of pyridine rings is 1. The van der Waals surface area contributed by atoms with Gasteiger partial charge in [-0.3, -0.25) is 9.78 Å². The Bertz CT molecular complexity index is 1200. The first-order valence-electron chi connectivity index (χ1n) is 11.0. The smallest absolute Gasteiger partial charge is 0.269 e. The first-order valence-corrected chi connectivity index (χ1v) is 11.0. The number of imidazole rings is 1. The molecule has 6 heteroatoms. The molecular formula is C26H28N4O2.